The molecule has 0 atom stereocenters. The number of guanidine groups is 1. The van der Waals surface area contributed by atoms with E-state index in [2.05, 4.69) is 27.9 Å². The molecule has 2 rings (SSSR count). The highest BCUT2D eigenvalue weighted by molar-refractivity contribution is 5.88. The number of nitrogens with one attached hydrogen (secondary N) is 3. The van der Waals surface area contributed by atoms with Gasteiger partial charge in [-0.15, -0.1) is 0 Å². The number of hydrogen-bond acceptors (Lipinski definition) is 3. The molecule has 0 aliphatic heterocycles. The van der Waals surface area contributed by atoms with Crippen LogP contribution < -0.4 is 16.0 Å². The number of nitrogens with zero attached hydrogens (tertiary/aromatic N) is 1. The molecule has 1 aliphatic carbocycles. The third-order valence-corrected chi connectivity index (χ3v) is 4.84. The van der Waals surface area contributed by atoms with Crippen LogP contribution in [0, 0.1) is 0 Å². The second kappa shape index (κ2) is 13.2. The topological polar surface area (TPSA) is 74.8 Å². The fourth-order valence-corrected chi connectivity index (χ4v) is 3.41. The van der Waals surface area contributed by atoms with Crippen LogP contribution in [0.2, 0.25) is 0 Å². The van der Waals surface area contributed by atoms with E-state index in [0.717, 1.165) is 31.2 Å². The van der Waals surface area contributed by atoms with Gasteiger partial charge in [0.1, 0.15) is 0 Å². The fourth-order valence-electron chi connectivity index (χ4n) is 3.41. The molecule has 0 bridgehead atoms. The van der Waals surface area contributed by atoms with Crippen LogP contribution in [0.4, 0.5) is 5.69 Å². The molecular weight excluding hydrogens is 352 g/mol. The fraction of sp³-hybridized carbons (Fsp3) is 0.636. The molecule has 1 aliphatic rings. The zero-order chi connectivity index (χ0) is 20.0. The number of hydrogen-bond donors (Lipinski definition) is 3. The first-order chi connectivity index (χ1) is 13.7. The van der Waals surface area contributed by atoms with Crippen LogP contribution in [-0.4, -0.2) is 44.2 Å². The Labute approximate surface area is 169 Å². The van der Waals surface area contributed by atoms with Crippen LogP contribution in [0.15, 0.2) is 29.3 Å². The lowest BCUT2D eigenvalue weighted by atomic mass is 10.1. The molecule has 3 N–H and O–H groups in total. The van der Waals surface area contributed by atoms with E-state index in [4.69, 9.17) is 4.74 Å². The largest absolute Gasteiger partial charge is 0.376 e. The van der Waals surface area contributed by atoms with Crippen molar-refractivity contribution >= 4 is 17.6 Å². The zero-order valence-corrected chi connectivity index (χ0v) is 17.4. The normalized spacial score (nSPS) is 15.7. The maximum Gasteiger partial charge on any atom is 0.221 e. The van der Waals surface area contributed by atoms with Gasteiger partial charge < -0.3 is 20.7 Å². The third kappa shape index (κ3) is 9.22. The number of benzene rings is 1. The van der Waals surface area contributed by atoms with Gasteiger partial charge in [0.15, 0.2) is 5.96 Å². The molecule has 0 radical (unpaired) electrons. The van der Waals surface area contributed by atoms with Crippen molar-refractivity contribution in [3.8, 4) is 0 Å². The molecule has 1 saturated carbocycles. The first-order valence-corrected chi connectivity index (χ1v) is 10.7. The summed E-state index contributed by atoms with van der Waals surface area (Å²) in [6.07, 6.45) is 9.00. The van der Waals surface area contributed by atoms with Crippen molar-refractivity contribution in [3.05, 3.63) is 29.8 Å². The summed E-state index contributed by atoms with van der Waals surface area (Å²) in [6.45, 7) is 6.58. The van der Waals surface area contributed by atoms with E-state index in [-0.39, 0.29) is 5.91 Å². The predicted molar refractivity (Wildman–Crippen MR) is 116 cm³/mol. The Bertz CT molecular complexity index is 593. The Morgan fingerprint density at radius 1 is 1.11 bits per heavy atom. The summed E-state index contributed by atoms with van der Waals surface area (Å²) in [5, 5.41) is 9.45. The number of carbonyl (C=O) groups is 1. The molecule has 6 heteroatoms. The number of anilines is 1. The van der Waals surface area contributed by atoms with Gasteiger partial charge in [-0.1, -0.05) is 37.8 Å². The predicted octanol–water partition coefficient (Wildman–Crippen LogP) is 3.48. The summed E-state index contributed by atoms with van der Waals surface area (Å²) in [7, 11) is 0. The van der Waals surface area contributed by atoms with Gasteiger partial charge in [-0.2, -0.15) is 0 Å². The lowest BCUT2D eigenvalue weighted by molar-refractivity contribution is -0.114. The maximum atomic E-state index is 11.1. The Kier molecular flexibility index (Phi) is 10.4. The SMILES string of the molecule is CCNC(=NCCOC1CCCCCC1)NCCc1ccc(NC(C)=O)cc1. The quantitative estimate of drug-likeness (QED) is 0.262. The molecule has 0 aromatic heterocycles. The standard InChI is InChI=1S/C22H36N4O2/c1-3-23-22(25-16-17-28-21-8-6-4-5-7-9-21)24-15-14-19-10-12-20(13-11-19)26-18(2)27/h10-13,21H,3-9,14-17H2,1-2H3,(H,26,27)(H2,23,24,25). The van der Waals surface area contributed by atoms with Gasteiger partial charge in [0.25, 0.3) is 0 Å². The van der Waals surface area contributed by atoms with Crippen molar-refractivity contribution < 1.29 is 9.53 Å². The lowest BCUT2D eigenvalue weighted by Gasteiger charge is -2.15. The van der Waals surface area contributed by atoms with Gasteiger partial charge in [0, 0.05) is 25.7 Å². The molecule has 156 valence electrons. The van der Waals surface area contributed by atoms with Gasteiger partial charge in [-0.05, 0) is 43.9 Å². The monoisotopic (exact) mass is 388 g/mol. The van der Waals surface area contributed by atoms with E-state index in [0.29, 0.717) is 19.3 Å². The van der Waals surface area contributed by atoms with E-state index in [1.807, 2.05) is 24.3 Å². The molecule has 1 fully saturated rings. The van der Waals surface area contributed by atoms with Crippen molar-refractivity contribution in [1.29, 1.82) is 0 Å². The second-order valence-corrected chi connectivity index (χ2v) is 7.30. The molecule has 1 aromatic rings. The van der Waals surface area contributed by atoms with Crippen molar-refractivity contribution in [3.63, 3.8) is 0 Å². The highest BCUT2D eigenvalue weighted by Gasteiger charge is 2.11. The third-order valence-electron chi connectivity index (χ3n) is 4.84. The molecular formula is C22H36N4O2. The molecule has 1 amide bonds. The molecule has 0 saturated heterocycles. The van der Waals surface area contributed by atoms with Crippen LogP contribution in [0.1, 0.15) is 57.9 Å². The number of rotatable bonds is 9. The number of aliphatic imine (C=N–C) groups is 1. The number of carbonyl (C=O) groups excluding carboxylic acids is 1. The van der Waals surface area contributed by atoms with E-state index in [1.165, 1.54) is 51.0 Å². The van der Waals surface area contributed by atoms with Gasteiger partial charge in [-0.3, -0.25) is 9.79 Å². The summed E-state index contributed by atoms with van der Waals surface area (Å²) in [5.74, 6) is 0.783. The first-order valence-electron chi connectivity index (χ1n) is 10.7. The van der Waals surface area contributed by atoms with Crippen molar-refractivity contribution in [2.45, 2.75) is 64.9 Å². The molecule has 28 heavy (non-hydrogen) atoms. The van der Waals surface area contributed by atoms with Crippen molar-refractivity contribution in [2.75, 3.05) is 31.6 Å². The molecule has 6 nitrogen and oxygen atoms in total. The van der Waals surface area contributed by atoms with E-state index < -0.39 is 0 Å². The Morgan fingerprint density at radius 2 is 1.82 bits per heavy atom. The van der Waals surface area contributed by atoms with Crippen molar-refractivity contribution in [1.82, 2.24) is 10.6 Å². The number of ether oxygens (including phenoxy) is 1. The molecule has 1 aromatic carbocycles. The minimum absolute atomic E-state index is 0.0519. The van der Waals surface area contributed by atoms with E-state index >= 15 is 0 Å². The summed E-state index contributed by atoms with van der Waals surface area (Å²) in [4.78, 5) is 15.7. The van der Waals surface area contributed by atoms with E-state index in [1.54, 1.807) is 0 Å². The number of amides is 1. The average Bonchev–Trinajstić information content (AvgIpc) is 2.95. The summed E-state index contributed by atoms with van der Waals surface area (Å²) >= 11 is 0. The highest BCUT2D eigenvalue weighted by atomic mass is 16.5. The summed E-state index contributed by atoms with van der Waals surface area (Å²) < 4.78 is 6.01. The molecule has 0 heterocycles. The zero-order valence-electron chi connectivity index (χ0n) is 17.4. The second-order valence-electron chi connectivity index (χ2n) is 7.30. The van der Waals surface area contributed by atoms with Crippen LogP contribution in [0.3, 0.4) is 0 Å². The minimum Gasteiger partial charge on any atom is -0.376 e. The molecule has 0 spiro atoms. The first kappa shape index (κ1) is 22.2. The van der Waals surface area contributed by atoms with Gasteiger partial charge in [0.2, 0.25) is 5.91 Å². The lowest BCUT2D eigenvalue weighted by Crippen LogP contribution is -2.38. The summed E-state index contributed by atoms with van der Waals surface area (Å²) in [5.41, 5.74) is 2.04. The van der Waals surface area contributed by atoms with Crippen LogP contribution >= 0.6 is 0 Å². The Hall–Kier alpha value is -2.08. The Morgan fingerprint density at radius 3 is 2.46 bits per heavy atom. The van der Waals surface area contributed by atoms with Gasteiger partial charge in [0.05, 0.1) is 19.3 Å². The minimum atomic E-state index is -0.0519. The highest BCUT2D eigenvalue weighted by Crippen LogP contribution is 2.19. The van der Waals surface area contributed by atoms with Gasteiger partial charge in [-0.25, -0.2) is 0 Å². The van der Waals surface area contributed by atoms with Crippen LogP contribution in [-0.2, 0) is 16.0 Å². The van der Waals surface area contributed by atoms with Crippen LogP contribution in [0.25, 0.3) is 0 Å². The van der Waals surface area contributed by atoms with Crippen molar-refractivity contribution in [2.24, 2.45) is 4.99 Å². The van der Waals surface area contributed by atoms with Gasteiger partial charge >= 0.3 is 0 Å². The van der Waals surface area contributed by atoms with Crippen LogP contribution in [0.5, 0.6) is 0 Å². The molecule has 0 unspecified atom stereocenters. The Balaban J connectivity index is 1.69. The maximum absolute atomic E-state index is 11.1. The smallest absolute Gasteiger partial charge is 0.221 e. The van der Waals surface area contributed by atoms with E-state index in [9.17, 15) is 4.79 Å². The average molecular weight is 389 g/mol. The summed E-state index contributed by atoms with van der Waals surface area (Å²) in [6, 6.07) is 7.94.